The third kappa shape index (κ3) is 5.81. The number of aryl methyl sites for hydroxylation is 1. The Morgan fingerprint density at radius 3 is 2.63 bits per heavy atom. The number of likely N-dealkylation sites (tertiary alicyclic amines) is 1. The number of nitrogens with one attached hydrogen (secondary N) is 1. The van der Waals surface area contributed by atoms with E-state index in [0.717, 1.165) is 31.2 Å². The van der Waals surface area contributed by atoms with Gasteiger partial charge < -0.3 is 10.1 Å². The van der Waals surface area contributed by atoms with Gasteiger partial charge in [-0.2, -0.15) is 0 Å². The van der Waals surface area contributed by atoms with Gasteiger partial charge >= 0.3 is 0 Å². The quantitative estimate of drug-likeness (QED) is 0.742. The van der Waals surface area contributed by atoms with Crippen LogP contribution in [0, 0.1) is 5.92 Å². The van der Waals surface area contributed by atoms with Crippen molar-refractivity contribution in [3.63, 3.8) is 0 Å². The Kier molecular flexibility index (Phi) is 7.30. The average Bonchev–Trinajstić information content (AvgIpc) is 3.24. The first-order chi connectivity index (χ1) is 13.2. The van der Waals surface area contributed by atoms with Gasteiger partial charge in [0.15, 0.2) is 0 Å². The fourth-order valence-corrected chi connectivity index (χ4v) is 4.34. The van der Waals surface area contributed by atoms with Gasteiger partial charge in [0.2, 0.25) is 5.91 Å². The Morgan fingerprint density at radius 1 is 1.26 bits per heavy atom. The maximum Gasteiger partial charge on any atom is 0.237 e. The minimum atomic E-state index is -0.0486. The summed E-state index contributed by atoms with van der Waals surface area (Å²) in [5.41, 5.74) is 1.37. The van der Waals surface area contributed by atoms with E-state index in [-0.39, 0.29) is 11.9 Å². The van der Waals surface area contributed by atoms with E-state index in [4.69, 9.17) is 4.74 Å². The highest BCUT2D eigenvalue weighted by Crippen LogP contribution is 2.24. The van der Waals surface area contributed by atoms with Crippen molar-refractivity contribution in [2.24, 2.45) is 5.92 Å². The van der Waals surface area contributed by atoms with Gasteiger partial charge in [-0.15, -0.1) is 11.3 Å². The van der Waals surface area contributed by atoms with Crippen molar-refractivity contribution in [1.29, 1.82) is 0 Å². The molecule has 0 aliphatic carbocycles. The third-order valence-corrected chi connectivity index (χ3v) is 6.47. The molecule has 27 heavy (non-hydrogen) atoms. The van der Waals surface area contributed by atoms with Gasteiger partial charge in [0, 0.05) is 4.88 Å². The standard InChI is InChI=1S/C22H30N2O2S/c1-17(22(25)23-16-21-4-3-15-27-21)24-13-11-19(12-14-24)6-5-18-7-9-20(26-2)10-8-18/h3-4,7-10,15,17,19H,5-6,11-14,16H2,1-2H3,(H,23,25). The number of piperidine rings is 1. The molecular weight excluding hydrogens is 356 g/mol. The molecule has 5 heteroatoms. The van der Waals surface area contributed by atoms with Crippen LogP contribution in [0.5, 0.6) is 5.75 Å². The molecule has 4 nitrogen and oxygen atoms in total. The molecule has 0 spiro atoms. The lowest BCUT2D eigenvalue weighted by Crippen LogP contribution is -2.48. The molecule has 2 aromatic rings. The molecule has 3 rings (SSSR count). The van der Waals surface area contributed by atoms with Crippen LogP contribution in [0.15, 0.2) is 41.8 Å². The number of carbonyl (C=O) groups excluding carboxylic acids is 1. The van der Waals surface area contributed by atoms with Crippen LogP contribution in [0.25, 0.3) is 0 Å². The summed E-state index contributed by atoms with van der Waals surface area (Å²) < 4.78 is 5.22. The zero-order valence-electron chi connectivity index (χ0n) is 16.3. The van der Waals surface area contributed by atoms with E-state index < -0.39 is 0 Å². The first-order valence-electron chi connectivity index (χ1n) is 9.83. The summed E-state index contributed by atoms with van der Waals surface area (Å²) in [5, 5.41) is 5.11. The van der Waals surface area contributed by atoms with Gasteiger partial charge in [-0.1, -0.05) is 18.2 Å². The van der Waals surface area contributed by atoms with Crippen LogP contribution in [0.4, 0.5) is 0 Å². The first-order valence-corrected chi connectivity index (χ1v) is 10.7. The van der Waals surface area contributed by atoms with Gasteiger partial charge in [-0.25, -0.2) is 0 Å². The number of benzene rings is 1. The van der Waals surface area contributed by atoms with Crippen molar-refractivity contribution in [3.05, 3.63) is 52.2 Å². The second-order valence-corrected chi connectivity index (χ2v) is 8.37. The molecule has 0 saturated carbocycles. The minimum absolute atomic E-state index is 0.0486. The Labute approximate surface area is 166 Å². The van der Waals surface area contributed by atoms with Crippen LogP contribution in [-0.4, -0.2) is 37.0 Å². The van der Waals surface area contributed by atoms with Gasteiger partial charge in [-0.05, 0) is 80.8 Å². The van der Waals surface area contributed by atoms with E-state index in [1.807, 2.05) is 30.5 Å². The zero-order valence-corrected chi connectivity index (χ0v) is 17.1. The van der Waals surface area contributed by atoms with Crippen molar-refractivity contribution in [3.8, 4) is 5.75 Å². The molecule has 1 N–H and O–H groups in total. The van der Waals surface area contributed by atoms with Gasteiger partial charge in [0.25, 0.3) is 0 Å². The van der Waals surface area contributed by atoms with Crippen molar-refractivity contribution in [1.82, 2.24) is 10.2 Å². The monoisotopic (exact) mass is 386 g/mol. The topological polar surface area (TPSA) is 41.6 Å². The third-order valence-electron chi connectivity index (χ3n) is 5.59. The summed E-state index contributed by atoms with van der Waals surface area (Å²) in [6.45, 7) is 4.70. The largest absolute Gasteiger partial charge is 0.497 e. The molecule has 1 aromatic heterocycles. The number of hydrogen-bond acceptors (Lipinski definition) is 4. The van der Waals surface area contributed by atoms with E-state index in [1.54, 1.807) is 18.4 Å². The number of methoxy groups -OCH3 is 1. The SMILES string of the molecule is COc1ccc(CCC2CCN(C(C)C(=O)NCc3cccs3)CC2)cc1. The fraction of sp³-hybridized carbons (Fsp3) is 0.500. The highest BCUT2D eigenvalue weighted by molar-refractivity contribution is 7.09. The molecule has 2 heterocycles. The fourth-order valence-electron chi connectivity index (χ4n) is 3.69. The second kappa shape index (κ2) is 9.90. The zero-order chi connectivity index (χ0) is 19.1. The normalized spacial score (nSPS) is 16.8. The number of rotatable bonds is 8. The van der Waals surface area contributed by atoms with Crippen LogP contribution < -0.4 is 10.1 Å². The molecule has 1 aliphatic rings. The van der Waals surface area contributed by atoms with Crippen LogP contribution >= 0.6 is 11.3 Å². The molecule has 1 saturated heterocycles. The lowest BCUT2D eigenvalue weighted by atomic mass is 9.90. The van der Waals surface area contributed by atoms with Gasteiger partial charge in [0.1, 0.15) is 5.75 Å². The summed E-state index contributed by atoms with van der Waals surface area (Å²) in [4.78, 5) is 16.0. The molecule has 1 unspecified atom stereocenters. The first kappa shape index (κ1) is 19.9. The van der Waals surface area contributed by atoms with E-state index in [0.29, 0.717) is 6.54 Å². The van der Waals surface area contributed by atoms with Crippen LogP contribution in [0.2, 0.25) is 0 Å². The lowest BCUT2D eigenvalue weighted by Gasteiger charge is -2.35. The Bertz CT molecular complexity index is 692. The summed E-state index contributed by atoms with van der Waals surface area (Å²) in [7, 11) is 1.70. The Morgan fingerprint density at radius 2 is 2.00 bits per heavy atom. The van der Waals surface area contributed by atoms with E-state index in [9.17, 15) is 4.79 Å². The van der Waals surface area contributed by atoms with Crippen LogP contribution in [0.1, 0.15) is 36.6 Å². The van der Waals surface area contributed by atoms with E-state index in [2.05, 4.69) is 28.4 Å². The van der Waals surface area contributed by atoms with Crippen LogP contribution in [-0.2, 0) is 17.8 Å². The molecule has 146 valence electrons. The van der Waals surface area contributed by atoms with Crippen molar-refractivity contribution in [2.75, 3.05) is 20.2 Å². The minimum Gasteiger partial charge on any atom is -0.497 e. The summed E-state index contributed by atoms with van der Waals surface area (Å²) in [6.07, 6.45) is 4.70. The molecule has 0 bridgehead atoms. The summed E-state index contributed by atoms with van der Waals surface area (Å²) >= 11 is 1.68. The lowest BCUT2D eigenvalue weighted by molar-refractivity contribution is -0.126. The number of nitrogens with zero attached hydrogens (tertiary/aromatic N) is 1. The maximum atomic E-state index is 12.4. The molecule has 1 fully saturated rings. The molecule has 1 aliphatic heterocycles. The number of ether oxygens (including phenoxy) is 1. The number of amides is 1. The average molecular weight is 387 g/mol. The number of hydrogen-bond donors (Lipinski definition) is 1. The molecular formula is C22H30N2O2S. The molecule has 1 amide bonds. The highest BCUT2D eigenvalue weighted by atomic mass is 32.1. The summed E-state index contributed by atoms with van der Waals surface area (Å²) in [6, 6.07) is 12.4. The molecule has 1 aromatic carbocycles. The van der Waals surface area contributed by atoms with Crippen molar-refractivity contribution < 1.29 is 9.53 Å². The Balaban J connectivity index is 1.37. The number of carbonyl (C=O) groups is 1. The highest BCUT2D eigenvalue weighted by Gasteiger charge is 2.26. The van der Waals surface area contributed by atoms with Gasteiger partial charge in [-0.3, -0.25) is 9.69 Å². The van der Waals surface area contributed by atoms with Crippen molar-refractivity contribution in [2.45, 2.75) is 45.2 Å². The molecule has 1 atom stereocenters. The van der Waals surface area contributed by atoms with E-state index in [1.165, 1.54) is 29.7 Å². The second-order valence-electron chi connectivity index (χ2n) is 7.34. The van der Waals surface area contributed by atoms with Crippen LogP contribution in [0.3, 0.4) is 0 Å². The predicted molar refractivity (Wildman–Crippen MR) is 111 cm³/mol. The molecule has 0 radical (unpaired) electrons. The predicted octanol–water partition coefficient (Wildman–Crippen LogP) is 4.11. The Hall–Kier alpha value is -1.85. The van der Waals surface area contributed by atoms with E-state index >= 15 is 0 Å². The smallest absolute Gasteiger partial charge is 0.237 e. The number of thiophene rings is 1. The van der Waals surface area contributed by atoms with Crippen molar-refractivity contribution >= 4 is 17.2 Å². The maximum absolute atomic E-state index is 12.4. The van der Waals surface area contributed by atoms with Gasteiger partial charge in [0.05, 0.1) is 19.7 Å². The summed E-state index contributed by atoms with van der Waals surface area (Å²) in [5.74, 6) is 1.81.